The second-order valence-corrected chi connectivity index (χ2v) is 6.56. The summed E-state index contributed by atoms with van der Waals surface area (Å²) in [7, 11) is 0. The molecule has 0 fully saturated rings. The Labute approximate surface area is 158 Å². The van der Waals surface area contributed by atoms with Gasteiger partial charge in [-0.25, -0.2) is 4.98 Å². The zero-order valence-electron chi connectivity index (χ0n) is 14.7. The van der Waals surface area contributed by atoms with Crippen molar-refractivity contribution in [3.63, 3.8) is 0 Å². The van der Waals surface area contributed by atoms with Crippen LogP contribution in [0.5, 0.6) is 0 Å². The zero-order chi connectivity index (χ0) is 18.4. The summed E-state index contributed by atoms with van der Waals surface area (Å²) in [6.07, 6.45) is 4.05. The summed E-state index contributed by atoms with van der Waals surface area (Å²) >= 11 is 6.01. The summed E-state index contributed by atoms with van der Waals surface area (Å²) < 4.78 is 2.02. The first-order chi connectivity index (χ1) is 12.7. The van der Waals surface area contributed by atoms with Crippen molar-refractivity contribution in [3.8, 4) is 0 Å². The maximum absolute atomic E-state index is 12.6. The average Bonchev–Trinajstić information content (AvgIpc) is 3.13. The first-order valence-electron chi connectivity index (χ1n) is 8.74. The third-order valence-electron chi connectivity index (χ3n) is 4.45. The molecule has 5 heteroatoms. The number of aromatic nitrogens is 2. The molecule has 4 nitrogen and oxygen atoms in total. The molecule has 1 heterocycles. The smallest absolute Gasteiger partial charge is 0.221 e. The fourth-order valence-corrected chi connectivity index (χ4v) is 3.16. The number of nitrogens with zero attached hydrogens (tertiary/aromatic N) is 2. The van der Waals surface area contributed by atoms with Gasteiger partial charge in [0.05, 0.1) is 6.54 Å². The number of amides is 1. The average molecular weight is 368 g/mol. The lowest BCUT2D eigenvalue weighted by Crippen LogP contribution is -2.26. The molecule has 1 N–H and O–H groups in total. The van der Waals surface area contributed by atoms with Crippen molar-refractivity contribution in [1.29, 1.82) is 0 Å². The number of nitrogens with one attached hydrogen (secondary N) is 1. The Morgan fingerprint density at radius 1 is 1.12 bits per heavy atom. The van der Waals surface area contributed by atoms with Gasteiger partial charge in [0.1, 0.15) is 5.82 Å². The third kappa shape index (κ3) is 4.52. The first-order valence-corrected chi connectivity index (χ1v) is 9.12. The predicted molar refractivity (Wildman–Crippen MR) is 104 cm³/mol. The first kappa shape index (κ1) is 18.2. The summed E-state index contributed by atoms with van der Waals surface area (Å²) in [5, 5.41) is 3.68. The Bertz CT molecular complexity index is 843. The Kier molecular flexibility index (Phi) is 6.08. The van der Waals surface area contributed by atoms with E-state index in [1.165, 1.54) is 0 Å². The molecule has 1 amide bonds. The van der Waals surface area contributed by atoms with Crippen molar-refractivity contribution in [1.82, 2.24) is 14.9 Å². The van der Waals surface area contributed by atoms with Gasteiger partial charge in [0.2, 0.25) is 5.91 Å². The fourth-order valence-electron chi connectivity index (χ4n) is 3.04. The Hall–Kier alpha value is -2.59. The molecule has 1 aromatic heterocycles. The van der Waals surface area contributed by atoms with Gasteiger partial charge < -0.3 is 9.88 Å². The van der Waals surface area contributed by atoms with E-state index < -0.39 is 0 Å². The van der Waals surface area contributed by atoms with Crippen LogP contribution in [0.1, 0.15) is 36.2 Å². The molecule has 0 saturated heterocycles. The van der Waals surface area contributed by atoms with Crippen LogP contribution in [0.4, 0.5) is 0 Å². The zero-order valence-corrected chi connectivity index (χ0v) is 15.5. The van der Waals surface area contributed by atoms with Crippen molar-refractivity contribution in [2.45, 2.75) is 32.4 Å². The van der Waals surface area contributed by atoms with E-state index in [0.717, 1.165) is 23.5 Å². The molecule has 0 unspecified atom stereocenters. The number of halogens is 1. The van der Waals surface area contributed by atoms with Crippen LogP contribution < -0.4 is 5.32 Å². The molecule has 2 aromatic carbocycles. The van der Waals surface area contributed by atoms with Gasteiger partial charge in [-0.2, -0.15) is 0 Å². The van der Waals surface area contributed by atoms with Crippen molar-refractivity contribution in [2.24, 2.45) is 0 Å². The number of rotatable bonds is 7. The van der Waals surface area contributed by atoms with E-state index in [0.29, 0.717) is 18.0 Å². The van der Waals surface area contributed by atoms with Crippen LogP contribution in [0.3, 0.4) is 0 Å². The minimum atomic E-state index is -0.0145. The molecule has 26 heavy (non-hydrogen) atoms. The van der Waals surface area contributed by atoms with Crippen LogP contribution in [0.15, 0.2) is 67.0 Å². The molecule has 3 rings (SSSR count). The number of hydrogen-bond acceptors (Lipinski definition) is 2. The highest BCUT2D eigenvalue weighted by molar-refractivity contribution is 6.30. The highest BCUT2D eigenvalue weighted by Crippen LogP contribution is 2.28. The molecule has 0 aliphatic heterocycles. The van der Waals surface area contributed by atoms with Gasteiger partial charge in [-0.1, -0.05) is 54.1 Å². The van der Waals surface area contributed by atoms with E-state index in [-0.39, 0.29) is 11.8 Å². The number of imidazole rings is 1. The second-order valence-electron chi connectivity index (χ2n) is 6.13. The number of aryl methyl sites for hydroxylation is 1. The summed E-state index contributed by atoms with van der Waals surface area (Å²) in [5.74, 6) is 0.849. The standard InChI is InChI=1S/C21H22ClN3O/c1-2-25-13-12-23-20(25)15-24-21(26)14-19(16-6-4-3-5-7-16)17-8-10-18(22)11-9-17/h3-13,19H,2,14-15H2,1H3,(H,24,26)/t19-/m0/s1. The topological polar surface area (TPSA) is 46.9 Å². The van der Waals surface area contributed by atoms with Crippen molar-refractivity contribution >= 4 is 17.5 Å². The lowest BCUT2D eigenvalue weighted by molar-refractivity contribution is -0.121. The van der Waals surface area contributed by atoms with Gasteiger partial charge in [0.25, 0.3) is 0 Å². The van der Waals surface area contributed by atoms with Crippen LogP contribution in [-0.2, 0) is 17.9 Å². The summed E-state index contributed by atoms with van der Waals surface area (Å²) in [6, 6.07) is 17.8. The minimum Gasteiger partial charge on any atom is -0.349 e. The number of carbonyl (C=O) groups excluding carboxylic acids is 1. The SMILES string of the molecule is CCn1ccnc1CNC(=O)C[C@@H](c1ccccc1)c1ccc(Cl)cc1. The van der Waals surface area contributed by atoms with Gasteiger partial charge in [-0.05, 0) is 30.2 Å². The molecule has 0 aliphatic carbocycles. The normalized spacial score (nSPS) is 11.9. The number of hydrogen-bond donors (Lipinski definition) is 1. The van der Waals surface area contributed by atoms with Crippen LogP contribution >= 0.6 is 11.6 Å². The number of benzene rings is 2. The molecule has 1 atom stereocenters. The van der Waals surface area contributed by atoms with E-state index in [1.807, 2.05) is 53.2 Å². The van der Waals surface area contributed by atoms with Crippen LogP contribution in [0, 0.1) is 0 Å². The van der Waals surface area contributed by atoms with Crippen LogP contribution in [0.2, 0.25) is 5.02 Å². The van der Waals surface area contributed by atoms with E-state index in [9.17, 15) is 4.79 Å². The maximum atomic E-state index is 12.6. The predicted octanol–water partition coefficient (Wildman–Crippen LogP) is 4.39. The molecule has 3 aromatic rings. The van der Waals surface area contributed by atoms with Crippen molar-refractivity contribution in [2.75, 3.05) is 0 Å². The molecular weight excluding hydrogens is 346 g/mol. The lowest BCUT2D eigenvalue weighted by atomic mass is 9.88. The second kappa shape index (κ2) is 8.68. The van der Waals surface area contributed by atoms with E-state index >= 15 is 0 Å². The molecule has 0 saturated carbocycles. The van der Waals surface area contributed by atoms with Crippen molar-refractivity contribution in [3.05, 3.63) is 89.0 Å². The summed E-state index contributed by atoms with van der Waals surface area (Å²) in [6.45, 7) is 3.32. The van der Waals surface area contributed by atoms with Crippen LogP contribution in [-0.4, -0.2) is 15.5 Å². The highest BCUT2D eigenvalue weighted by Gasteiger charge is 2.18. The van der Waals surface area contributed by atoms with Gasteiger partial charge in [0.15, 0.2) is 0 Å². The minimum absolute atomic E-state index is 0.000504. The van der Waals surface area contributed by atoms with Gasteiger partial charge in [0, 0.05) is 36.3 Å². The summed E-state index contributed by atoms with van der Waals surface area (Å²) in [5.41, 5.74) is 2.19. The van der Waals surface area contributed by atoms with Gasteiger partial charge in [-0.15, -0.1) is 0 Å². The van der Waals surface area contributed by atoms with E-state index in [2.05, 4.69) is 29.4 Å². The quantitative estimate of drug-likeness (QED) is 0.673. The molecule has 0 bridgehead atoms. The van der Waals surface area contributed by atoms with Gasteiger partial charge >= 0.3 is 0 Å². The largest absolute Gasteiger partial charge is 0.349 e. The maximum Gasteiger partial charge on any atom is 0.221 e. The lowest BCUT2D eigenvalue weighted by Gasteiger charge is -2.18. The molecular formula is C21H22ClN3O. The Morgan fingerprint density at radius 2 is 1.81 bits per heavy atom. The van der Waals surface area contributed by atoms with Gasteiger partial charge in [-0.3, -0.25) is 4.79 Å². The van der Waals surface area contributed by atoms with Crippen molar-refractivity contribution < 1.29 is 4.79 Å². The summed E-state index contributed by atoms with van der Waals surface area (Å²) in [4.78, 5) is 16.9. The van der Waals surface area contributed by atoms with E-state index in [1.54, 1.807) is 6.20 Å². The molecule has 0 aliphatic rings. The van der Waals surface area contributed by atoms with E-state index in [4.69, 9.17) is 11.6 Å². The fraction of sp³-hybridized carbons (Fsp3) is 0.238. The molecule has 0 radical (unpaired) electrons. The Balaban J connectivity index is 1.73. The molecule has 0 spiro atoms. The Morgan fingerprint density at radius 3 is 2.50 bits per heavy atom. The monoisotopic (exact) mass is 367 g/mol. The van der Waals surface area contributed by atoms with Crippen LogP contribution in [0.25, 0.3) is 0 Å². The number of carbonyl (C=O) groups is 1. The third-order valence-corrected chi connectivity index (χ3v) is 4.70. The highest BCUT2D eigenvalue weighted by atomic mass is 35.5. The molecule has 134 valence electrons.